The van der Waals surface area contributed by atoms with Crippen LogP contribution in [-0.2, 0) is 17.7 Å². The Labute approximate surface area is 192 Å². The molecule has 0 spiro atoms. The van der Waals surface area contributed by atoms with Gasteiger partial charge in [0.1, 0.15) is 5.76 Å². The first kappa shape index (κ1) is 23.5. The summed E-state index contributed by atoms with van der Waals surface area (Å²) in [6.45, 7) is 5.02. The molecule has 0 saturated carbocycles. The van der Waals surface area contributed by atoms with Gasteiger partial charge in [-0.2, -0.15) is 0 Å². The van der Waals surface area contributed by atoms with Crippen LogP contribution in [0, 0.1) is 0 Å². The summed E-state index contributed by atoms with van der Waals surface area (Å²) in [5.74, 6) is 1.75. The van der Waals surface area contributed by atoms with E-state index in [-0.39, 0.29) is 36.1 Å². The molecule has 1 aliphatic rings. The first-order valence-corrected chi connectivity index (χ1v) is 10.6. The van der Waals surface area contributed by atoms with Crippen molar-refractivity contribution in [3.05, 3.63) is 46.5 Å². The van der Waals surface area contributed by atoms with E-state index in [1.807, 2.05) is 25.1 Å². The lowest BCUT2D eigenvalue weighted by Gasteiger charge is -2.32. The number of likely N-dealkylation sites (tertiary alicyclic amines) is 1. The van der Waals surface area contributed by atoms with Gasteiger partial charge in [0.2, 0.25) is 0 Å². The van der Waals surface area contributed by atoms with E-state index >= 15 is 0 Å². The Morgan fingerprint density at radius 1 is 1.34 bits per heavy atom. The number of aliphatic imine (C=N–C) groups is 1. The minimum atomic E-state index is -0.218. The Morgan fingerprint density at radius 2 is 2.17 bits per heavy atom. The van der Waals surface area contributed by atoms with E-state index in [2.05, 4.69) is 22.1 Å². The van der Waals surface area contributed by atoms with E-state index in [1.165, 1.54) is 4.88 Å². The van der Waals surface area contributed by atoms with Gasteiger partial charge in [0, 0.05) is 37.0 Å². The zero-order chi connectivity index (χ0) is 19.6. The van der Waals surface area contributed by atoms with Crippen molar-refractivity contribution in [3.63, 3.8) is 0 Å². The van der Waals surface area contributed by atoms with E-state index < -0.39 is 0 Å². The number of ether oxygens (including phenoxy) is 1. The van der Waals surface area contributed by atoms with E-state index in [9.17, 15) is 4.79 Å². The lowest BCUT2D eigenvalue weighted by atomic mass is 10.1. The highest BCUT2D eigenvalue weighted by atomic mass is 127. The first-order chi connectivity index (χ1) is 13.7. The highest BCUT2D eigenvalue weighted by molar-refractivity contribution is 14.0. The van der Waals surface area contributed by atoms with Gasteiger partial charge in [0.05, 0.1) is 19.4 Å². The van der Waals surface area contributed by atoms with Gasteiger partial charge in [-0.1, -0.05) is 6.07 Å². The molecule has 0 bridgehead atoms. The molecule has 1 aliphatic heterocycles. The Kier molecular flexibility index (Phi) is 10.3. The van der Waals surface area contributed by atoms with E-state index in [0.717, 1.165) is 37.5 Å². The van der Waals surface area contributed by atoms with E-state index in [4.69, 9.17) is 14.1 Å². The zero-order valence-electron chi connectivity index (χ0n) is 16.6. The summed E-state index contributed by atoms with van der Waals surface area (Å²) in [5, 5.41) is 8.99. The number of thiophene rings is 1. The van der Waals surface area contributed by atoms with Gasteiger partial charge in [0.15, 0.2) is 5.96 Å². The van der Waals surface area contributed by atoms with Crippen molar-refractivity contribution in [2.45, 2.75) is 38.8 Å². The number of guanidine groups is 1. The number of carbonyl (C=O) groups excluding carboxylic acids is 1. The standard InChI is InChI=1S/C20H28N4O3S.HI/c1-2-26-20(25)24-11-8-16(9-12-24)23-19(22-15-18-6-4-14-28-18)21-10-7-17-5-3-13-27-17;/h3-6,13-14,16H,2,7-12,15H2,1H3,(H2,21,22,23);1H. The lowest BCUT2D eigenvalue weighted by molar-refractivity contribution is 0.0963. The monoisotopic (exact) mass is 532 g/mol. The predicted octanol–water partition coefficient (Wildman–Crippen LogP) is 3.86. The number of furan rings is 1. The number of halogens is 1. The summed E-state index contributed by atoms with van der Waals surface area (Å²) in [4.78, 5) is 19.6. The molecule has 3 heterocycles. The molecule has 9 heteroatoms. The molecule has 0 aromatic carbocycles. The largest absolute Gasteiger partial charge is 0.469 e. The number of hydrogen-bond acceptors (Lipinski definition) is 5. The molecule has 0 atom stereocenters. The molecule has 29 heavy (non-hydrogen) atoms. The number of carbonyl (C=O) groups is 1. The fraction of sp³-hybridized carbons (Fsp3) is 0.500. The van der Waals surface area contributed by atoms with Crippen molar-refractivity contribution in [3.8, 4) is 0 Å². The SMILES string of the molecule is CCOC(=O)N1CCC(NC(=NCc2cccs2)NCCc2ccco2)CC1.I. The topological polar surface area (TPSA) is 79.1 Å². The van der Waals surface area contributed by atoms with Crippen molar-refractivity contribution in [2.75, 3.05) is 26.2 Å². The maximum Gasteiger partial charge on any atom is 0.409 e. The summed E-state index contributed by atoms with van der Waals surface area (Å²) in [7, 11) is 0. The van der Waals surface area contributed by atoms with Crippen LogP contribution in [0.5, 0.6) is 0 Å². The summed E-state index contributed by atoms with van der Waals surface area (Å²) < 4.78 is 10.5. The van der Waals surface area contributed by atoms with Gasteiger partial charge in [-0.15, -0.1) is 35.3 Å². The number of nitrogens with one attached hydrogen (secondary N) is 2. The number of piperidine rings is 1. The second kappa shape index (κ2) is 12.7. The fourth-order valence-corrected chi connectivity index (χ4v) is 3.71. The Morgan fingerprint density at radius 3 is 2.83 bits per heavy atom. The van der Waals surface area contributed by atoms with Crippen LogP contribution in [0.1, 0.15) is 30.4 Å². The van der Waals surface area contributed by atoms with Crippen LogP contribution in [0.3, 0.4) is 0 Å². The van der Waals surface area contributed by atoms with Crippen molar-refractivity contribution in [1.29, 1.82) is 0 Å². The Hall–Kier alpha value is -1.75. The zero-order valence-corrected chi connectivity index (χ0v) is 19.8. The minimum Gasteiger partial charge on any atom is -0.469 e. The van der Waals surface area contributed by atoms with Gasteiger partial charge in [-0.05, 0) is 43.3 Å². The molecule has 1 amide bonds. The molecule has 2 N–H and O–H groups in total. The summed E-state index contributed by atoms with van der Waals surface area (Å²) in [6.07, 6.45) is 4.02. The quantitative estimate of drug-likeness (QED) is 0.322. The molecule has 2 aromatic rings. The third-order valence-electron chi connectivity index (χ3n) is 4.58. The molecular weight excluding hydrogens is 503 g/mol. The molecule has 1 saturated heterocycles. The van der Waals surface area contributed by atoms with Gasteiger partial charge >= 0.3 is 6.09 Å². The van der Waals surface area contributed by atoms with Crippen LogP contribution >= 0.6 is 35.3 Å². The molecule has 0 aliphatic carbocycles. The van der Waals surface area contributed by atoms with Crippen LogP contribution in [0.25, 0.3) is 0 Å². The highest BCUT2D eigenvalue weighted by Crippen LogP contribution is 2.12. The maximum absolute atomic E-state index is 11.9. The number of nitrogens with zero attached hydrogens (tertiary/aromatic N) is 2. The first-order valence-electron chi connectivity index (χ1n) is 9.76. The number of amides is 1. The molecule has 3 rings (SSSR count). The van der Waals surface area contributed by atoms with E-state index in [1.54, 1.807) is 22.5 Å². The predicted molar refractivity (Wildman–Crippen MR) is 126 cm³/mol. The lowest BCUT2D eigenvalue weighted by Crippen LogP contribution is -2.50. The van der Waals surface area contributed by atoms with Gasteiger partial charge < -0.3 is 24.7 Å². The second-order valence-corrected chi connectivity index (χ2v) is 7.64. The smallest absolute Gasteiger partial charge is 0.409 e. The van der Waals surface area contributed by atoms with E-state index in [0.29, 0.717) is 26.2 Å². The van der Waals surface area contributed by atoms with Crippen molar-refractivity contribution in [2.24, 2.45) is 4.99 Å². The number of hydrogen-bond donors (Lipinski definition) is 2. The van der Waals surface area contributed by atoms with Crippen molar-refractivity contribution < 1.29 is 13.9 Å². The molecule has 0 radical (unpaired) electrons. The van der Waals surface area contributed by atoms with Crippen LogP contribution in [0.2, 0.25) is 0 Å². The van der Waals surface area contributed by atoms with Gasteiger partial charge in [-0.25, -0.2) is 9.79 Å². The Bertz CT molecular complexity index is 729. The van der Waals surface area contributed by atoms with Crippen molar-refractivity contribution >= 4 is 47.4 Å². The third kappa shape index (κ3) is 7.88. The molecule has 160 valence electrons. The normalized spacial score (nSPS) is 14.9. The average molecular weight is 532 g/mol. The summed E-state index contributed by atoms with van der Waals surface area (Å²) in [5.41, 5.74) is 0. The van der Waals surface area contributed by atoms with Crippen LogP contribution in [0.15, 0.2) is 45.3 Å². The fourth-order valence-electron chi connectivity index (χ4n) is 3.09. The number of rotatable bonds is 7. The van der Waals surface area contributed by atoms with Crippen molar-refractivity contribution in [1.82, 2.24) is 15.5 Å². The van der Waals surface area contributed by atoms with Gasteiger partial charge in [-0.3, -0.25) is 0 Å². The van der Waals surface area contributed by atoms with Crippen LogP contribution in [0.4, 0.5) is 4.79 Å². The Balaban J connectivity index is 0.00000300. The summed E-state index contributed by atoms with van der Waals surface area (Å²) in [6, 6.07) is 8.29. The molecular formula is C20H29IN4O3S. The third-order valence-corrected chi connectivity index (χ3v) is 5.44. The second-order valence-electron chi connectivity index (χ2n) is 6.60. The average Bonchev–Trinajstić information content (AvgIpc) is 3.41. The molecule has 2 aromatic heterocycles. The summed E-state index contributed by atoms with van der Waals surface area (Å²) >= 11 is 1.71. The molecule has 7 nitrogen and oxygen atoms in total. The molecule has 0 unspecified atom stereocenters. The van der Waals surface area contributed by atoms with Crippen LogP contribution in [-0.4, -0.2) is 49.2 Å². The highest BCUT2D eigenvalue weighted by Gasteiger charge is 2.24. The molecule has 1 fully saturated rings. The van der Waals surface area contributed by atoms with Gasteiger partial charge in [0.25, 0.3) is 0 Å². The minimum absolute atomic E-state index is 0. The maximum atomic E-state index is 11.9. The van der Waals surface area contributed by atoms with Crippen LogP contribution < -0.4 is 10.6 Å².